The number of amides is 1. The Kier molecular flexibility index (Phi) is 7.31. The van der Waals surface area contributed by atoms with E-state index in [1.54, 1.807) is 0 Å². The molecule has 0 radical (unpaired) electrons. The quantitative estimate of drug-likeness (QED) is 0.245. The van der Waals surface area contributed by atoms with Crippen LogP contribution in [0.15, 0.2) is 16.0 Å². The normalized spacial score (nSPS) is 12.3. The van der Waals surface area contributed by atoms with Crippen LogP contribution in [0.3, 0.4) is 0 Å². The first-order valence-corrected chi connectivity index (χ1v) is 7.71. The van der Waals surface area contributed by atoms with E-state index in [0.29, 0.717) is 0 Å². The molecule has 150 valence electrons. The average molecular weight is 391 g/mol. The van der Waals surface area contributed by atoms with E-state index in [0.717, 1.165) is 10.8 Å². The van der Waals surface area contributed by atoms with Gasteiger partial charge in [0, 0.05) is 6.54 Å². The first-order valence-electron chi connectivity index (χ1n) is 7.71. The molecule has 1 aromatic heterocycles. The molecule has 1 aromatic rings. The van der Waals surface area contributed by atoms with Gasteiger partial charge in [0.15, 0.2) is 5.96 Å². The van der Waals surface area contributed by atoms with Crippen LogP contribution in [-0.2, 0) is 16.1 Å². The SMILES string of the molecule is Cc1ncc(N)c(=O)n1CC(=O)NC(CCCN=C(N)N)C(=O)C(F)(F)F. The van der Waals surface area contributed by atoms with E-state index in [9.17, 15) is 27.6 Å². The van der Waals surface area contributed by atoms with Crippen LogP contribution in [0.1, 0.15) is 18.7 Å². The predicted octanol–water partition coefficient (Wildman–Crippen LogP) is -1.20. The predicted molar refractivity (Wildman–Crippen MR) is 90.5 cm³/mol. The Bertz CT molecular complexity index is 785. The number of guanidine groups is 1. The number of aliphatic imine (C=N–C) groups is 1. The number of hydrogen-bond donors (Lipinski definition) is 4. The van der Waals surface area contributed by atoms with Gasteiger partial charge in [-0.05, 0) is 19.8 Å². The molecule has 0 aliphatic carbocycles. The van der Waals surface area contributed by atoms with Crippen molar-refractivity contribution < 1.29 is 22.8 Å². The fourth-order valence-corrected chi connectivity index (χ4v) is 2.13. The molecule has 0 spiro atoms. The maximum Gasteiger partial charge on any atom is 0.452 e. The van der Waals surface area contributed by atoms with Crippen molar-refractivity contribution in [1.29, 1.82) is 0 Å². The monoisotopic (exact) mass is 391 g/mol. The van der Waals surface area contributed by atoms with Crippen LogP contribution in [0, 0.1) is 6.92 Å². The second-order valence-corrected chi connectivity index (χ2v) is 5.58. The number of alkyl halides is 3. The van der Waals surface area contributed by atoms with Gasteiger partial charge < -0.3 is 22.5 Å². The number of carbonyl (C=O) groups excluding carboxylic acids is 2. The molecule has 0 aromatic carbocycles. The number of hydrogen-bond acceptors (Lipinski definition) is 6. The molecule has 0 fully saturated rings. The minimum absolute atomic E-state index is 0.0163. The fraction of sp³-hybridized carbons (Fsp3) is 0.500. The summed E-state index contributed by atoms with van der Waals surface area (Å²) < 4.78 is 39.1. The van der Waals surface area contributed by atoms with Crippen molar-refractivity contribution >= 4 is 23.3 Å². The number of aromatic nitrogens is 2. The van der Waals surface area contributed by atoms with Crippen molar-refractivity contribution in [3.63, 3.8) is 0 Å². The highest BCUT2D eigenvalue weighted by Crippen LogP contribution is 2.20. The van der Waals surface area contributed by atoms with Crippen LogP contribution >= 0.6 is 0 Å². The molecule has 1 unspecified atom stereocenters. The summed E-state index contributed by atoms with van der Waals surface area (Å²) >= 11 is 0. The van der Waals surface area contributed by atoms with Crippen molar-refractivity contribution in [3.8, 4) is 0 Å². The molecule has 1 heterocycles. The lowest BCUT2D eigenvalue weighted by atomic mass is 10.1. The summed E-state index contributed by atoms with van der Waals surface area (Å²) in [7, 11) is 0. The molecule has 7 N–H and O–H groups in total. The Morgan fingerprint density at radius 1 is 1.37 bits per heavy atom. The number of anilines is 1. The van der Waals surface area contributed by atoms with E-state index in [2.05, 4.69) is 9.98 Å². The van der Waals surface area contributed by atoms with Gasteiger partial charge in [-0.2, -0.15) is 13.2 Å². The number of nitrogens with zero attached hydrogens (tertiary/aromatic N) is 3. The number of Topliss-reactive ketones (excluding diaryl/α,β-unsaturated/α-hetero) is 1. The molecule has 0 aliphatic heterocycles. The smallest absolute Gasteiger partial charge is 0.393 e. The van der Waals surface area contributed by atoms with Gasteiger partial charge in [-0.25, -0.2) is 4.98 Å². The number of nitrogens with two attached hydrogens (primary N) is 3. The highest BCUT2D eigenvalue weighted by Gasteiger charge is 2.43. The second kappa shape index (κ2) is 9.00. The Hall–Kier alpha value is -3.12. The van der Waals surface area contributed by atoms with E-state index in [1.807, 2.05) is 5.32 Å². The molecule has 1 amide bonds. The van der Waals surface area contributed by atoms with Crippen molar-refractivity contribution in [2.45, 2.75) is 38.5 Å². The lowest BCUT2D eigenvalue weighted by molar-refractivity contribution is -0.174. The number of aryl methyl sites for hydroxylation is 1. The summed E-state index contributed by atoms with van der Waals surface area (Å²) in [6.07, 6.45) is -4.36. The van der Waals surface area contributed by atoms with Gasteiger partial charge >= 0.3 is 6.18 Å². The Morgan fingerprint density at radius 3 is 2.56 bits per heavy atom. The van der Waals surface area contributed by atoms with Crippen LogP contribution in [0.4, 0.5) is 18.9 Å². The molecular weight excluding hydrogens is 371 g/mol. The topological polar surface area (TPSA) is 171 Å². The largest absolute Gasteiger partial charge is 0.452 e. The van der Waals surface area contributed by atoms with Crippen LogP contribution in [0.25, 0.3) is 0 Å². The van der Waals surface area contributed by atoms with Crippen LogP contribution < -0.4 is 28.1 Å². The van der Waals surface area contributed by atoms with Crippen molar-refractivity contribution in [3.05, 3.63) is 22.4 Å². The first-order chi connectivity index (χ1) is 12.4. The van der Waals surface area contributed by atoms with Crippen molar-refractivity contribution in [1.82, 2.24) is 14.9 Å². The molecule has 0 saturated carbocycles. The van der Waals surface area contributed by atoms with E-state index in [-0.39, 0.29) is 36.9 Å². The summed E-state index contributed by atoms with van der Waals surface area (Å²) in [5, 5.41) is 1.99. The number of nitrogen functional groups attached to an aromatic ring is 1. The standard InChI is InChI=1S/C14H20F3N7O3/c1-7-22-5-8(18)12(27)24(7)6-10(25)23-9(11(26)14(15,16)17)3-2-4-21-13(19)20/h5,9H,2-4,6,18H2,1H3,(H,23,25)(H4,19,20,21). The third-order valence-corrected chi connectivity index (χ3v) is 3.45. The average Bonchev–Trinajstić information content (AvgIpc) is 2.56. The molecule has 1 rings (SSSR count). The van der Waals surface area contributed by atoms with E-state index in [4.69, 9.17) is 17.2 Å². The summed E-state index contributed by atoms with van der Waals surface area (Å²) in [5.74, 6) is -3.20. The summed E-state index contributed by atoms with van der Waals surface area (Å²) in [6.45, 7) is 0.761. The molecule has 1 atom stereocenters. The number of carbonyl (C=O) groups is 2. The summed E-state index contributed by atoms with van der Waals surface area (Å²) in [6, 6.07) is -1.84. The number of halogens is 3. The Morgan fingerprint density at radius 2 is 2.00 bits per heavy atom. The van der Waals surface area contributed by atoms with Gasteiger partial charge in [0.2, 0.25) is 5.91 Å². The van der Waals surface area contributed by atoms with Crippen LogP contribution in [-0.4, -0.2) is 46.0 Å². The van der Waals surface area contributed by atoms with Crippen molar-refractivity contribution in [2.75, 3.05) is 12.3 Å². The molecule has 10 nitrogen and oxygen atoms in total. The number of nitrogens with one attached hydrogen (secondary N) is 1. The summed E-state index contributed by atoms with van der Waals surface area (Å²) in [4.78, 5) is 42.9. The van der Waals surface area contributed by atoms with Gasteiger partial charge in [0.1, 0.15) is 18.1 Å². The minimum Gasteiger partial charge on any atom is -0.393 e. The van der Waals surface area contributed by atoms with Gasteiger partial charge in [-0.1, -0.05) is 0 Å². The van der Waals surface area contributed by atoms with Gasteiger partial charge in [-0.15, -0.1) is 0 Å². The Labute approximate surface area is 151 Å². The maximum absolute atomic E-state index is 12.7. The zero-order valence-electron chi connectivity index (χ0n) is 14.4. The highest BCUT2D eigenvalue weighted by molar-refractivity contribution is 5.92. The number of ketones is 1. The molecule has 27 heavy (non-hydrogen) atoms. The fourth-order valence-electron chi connectivity index (χ4n) is 2.13. The van der Waals surface area contributed by atoms with Gasteiger partial charge in [0.05, 0.1) is 12.2 Å². The van der Waals surface area contributed by atoms with Crippen LogP contribution in [0.2, 0.25) is 0 Å². The molecule has 13 heteroatoms. The second-order valence-electron chi connectivity index (χ2n) is 5.58. The first kappa shape index (κ1) is 21.9. The molecule has 0 saturated heterocycles. The van der Waals surface area contributed by atoms with Gasteiger partial charge in [-0.3, -0.25) is 23.9 Å². The molecule has 0 aliphatic rings. The number of rotatable bonds is 8. The lowest BCUT2D eigenvalue weighted by Gasteiger charge is -2.19. The lowest BCUT2D eigenvalue weighted by Crippen LogP contribution is -2.48. The molecule has 0 bridgehead atoms. The molecular formula is C14H20F3N7O3. The summed E-state index contributed by atoms with van der Waals surface area (Å²) in [5.41, 5.74) is 14.7. The highest BCUT2D eigenvalue weighted by atomic mass is 19.4. The third kappa shape index (κ3) is 6.60. The van der Waals surface area contributed by atoms with Crippen LogP contribution in [0.5, 0.6) is 0 Å². The van der Waals surface area contributed by atoms with E-state index < -0.39 is 36.0 Å². The van der Waals surface area contributed by atoms with E-state index in [1.165, 1.54) is 6.92 Å². The zero-order valence-corrected chi connectivity index (χ0v) is 14.4. The van der Waals surface area contributed by atoms with E-state index >= 15 is 0 Å². The minimum atomic E-state index is -5.14. The zero-order chi connectivity index (χ0) is 20.8. The van der Waals surface area contributed by atoms with Crippen molar-refractivity contribution in [2.24, 2.45) is 16.5 Å². The van der Waals surface area contributed by atoms with Gasteiger partial charge in [0.25, 0.3) is 11.3 Å². The Balaban J connectivity index is 2.89. The maximum atomic E-state index is 12.7. The third-order valence-electron chi connectivity index (χ3n) is 3.45.